The van der Waals surface area contributed by atoms with E-state index >= 15 is 0 Å². The molecule has 2 N–H and O–H groups in total. The molecule has 0 heterocycles. The molecule has 0 saturated carbocycles. The molecule has 2 nitrogen and oxygen atoms in total. The molecule has 0 atom stereocenters. The summed E-state index contributed by atoms with van der Waals surface area (Å²) in [6.07, 6.45) is 31.3. The lowest BCUT2D eigenvalue weighted by atomic mass is 10.1. The summed E-state index contributed by atoms with van der Waals surface area (Å²) in [5.74, 6) is 0. The van der Waals surface area contributed by atoms with Crippen LogP contribution in [0.2, 0.25) is 0 Å². The van der Waals surface area contributed by atoms with Gasteiger partial charge in [-0.15, -0.1) is 0 Å². The van der Waals surface area contributed by atoms with Gasteiger partial charge >= 0.3 is 0 Å². The van der Waals surface area contributed by atoms with Crippen molar-refractivity contribution in [2.75, 3.05) is 19.6 Å². The van der Waals surface area contributed by atoms with Crippen molar-refractivity contribution in [1.82, 2.24) is 10.6 Å². The Bertz CT molecular complexity index is 289. The van der Waals surface area contributed by atoms with Gasteiger partial charge in [-0.1, -0.05) is 157 Å². The molecule has 0 radical (unpaired) electrons. The fourth-order valence-corrected chi connectivity index (χ4v) is 4.17. The molecule has 202 valence electrons. The molecule has 0 fully saturated rings. The predicted octanol–water partition coefficient (Wildman–Crippen LogP) is 10.2. The van der Waals surface area contributed by atoms with E-state index in [1.54, 1.807) is 0 Å². The van der Waals surface area contributed by atoms with Crippen LogP contribution in [0.3, 0.4) is 0 Å². The van der Waals surface area contributed by atoms with Crippen LogP contribution in [0.1, 0.15) is 176 Å². The molecule has 0 spiro atoms. The lowest BCUT2D eigenvalue weighted by Gasteiger charge is -2.07. The summed E-state index contributed by atoms with van der Waals surface area (Å²) < 4.78 is 0. The van der Waals surface area contributed by atoms with Crippen LogP contribution >= 0.6 is 0 Å². The van der Waals surface area contributed by atoms with Gasteiger partial charge in [-0.25, -0.2) is 0 Å². The molecule has 0 aliphatic heterocycles. The molecule has 0 saturated heterocycles. The second-order valence-corrected chi connectivity index (χ2v) is 10.6. The third-order valence-electron chi connectivity index (χ3n) is 6.50. The topological polar surface area (TPSA) is 24.1 Å². The zero-order valence-electron chi connectivity index (χ0n) is 24.3. The van der Waals surface area contributed by atoms with E-state index in [0.29, 0.717) is 6.04 Å². The van der Waals surface area contributed by atoms with Crippen LogP contribution in [0, 0.1) is 0 Å². The molecule has 0 rings (SSSR count). The van der Waals surface area contributed by atoms with E-state index in [1.807, 2.05) is 0 Å². The normalized spacial score (nSPS) is 11.1. The van der Waals surface area contributed by atoms with Gasteiger partial charge in [0.15, 0.2) is 0 Å². The van der Waals surface area contributed by atoms with E-state index in [9.17, 15) is 0 Å². The maximum absolute atomic E-state index is 3.51. The summed E-state index contributed by atoms with van der Waals surface area (Å²) in [6, 6.07) is 0.651. The van der Waals surface area contributed by atoms with E-state index in [2.05, 4.69) is 45.3 Å². The van der Waals surface area contributed by atoms with Crippen molar-refractivity contribution in [2.24, 2.45) is 0 Å². The van der Waals surface area contributed by atoms with Gasteiger partial charge < -0.3 is 10.6 Å². The van der Waals surface area contributed by atoms with E-state index in [-0.39, 0.29) is 0 Å². The highest BCUT2D eigenvalue weighted by Crippen LogP contribution is 2.11. The van der Waals surface area contributed by atoms with E-state index in [1.165, 1.54) is 161 Å². The number of hydrogen-bond acceptors (Lipinski definition) is 2. The highest BCUT2D eigenvalue weighted by molar-refractivity contribution is 4.54. The first-order valence-corrected chi connectivity index (χ1v) is 15.6. The molecule has 0 aliphatic rings. The average molecular weight is 469 g/mol. The Kier molecular flexibility index (Phi) is 36.2. The summed E-state index contributed by atoms with van der Waals surface area (Å²) in [5.41, 5.74) is 0. The van der Waals surface area contributed by atoms with Gasteiger partial charge in [0.2, 0.25) is 0 Å². The summed E-state index contributed by atoms with van der Waals surface area (Å²) in [6.45, 7) is 14.9. The third kappa shape index (κ3) is 39.4. The molecule has 0 bridgehead atoms. The minimum absolute atomic E-state index is 0.651. The minimum Gasteiger partial charge on any atom is -0.317 e. The van der Waals surface area contributed by atoms with Crippen molar-refractivity contribution < 1.29 is 0 Å². The monoisotopic (exact) mass is 469 g/mol. The Morgan fingerprint density at radius 2 is 0.667 bits per heavy atom. The SMILES string of the molecule is CCCCCCCCCCCCNC(C)C.CCCCCCCCCCCCNCCCC. The largest absolute Gasteiger partial charge is 0.317 e. The number of hydrogen-bond donors (Lipinski definition) is 2. The lowest BCUT2D eigenvalue weighted by Crippen LogP contribution is -2.23. The average Bonchev–Trinajstić information content (AvgIpc) is 2.81. The summed E-state index contributed by atoms with van der Waals surface area (Å²) >= 11 is 0. The Morgan fingerprint density at radius 3 is 1.03 bits per heavy atom. The summed E-state index contributed by atoms with van der Waals surface area (Å²) in [4.78, 5) is 0. The van der Waals surface area contributed by atoms with Gasteiger partial charge in [0.25, 0.3) is 0 Å². The van der Waals surface area contributed by atoms with E-state index in [4.69, 9.17) is 0 Å². The first kappa shape index (κ1) is 35.1. The number of unbranched alkanes of at least 4 members (excludes halogenated alkanes) is 19. The lowest BCUT2D eigenvalue weighted by molar-refractivity contribution is 0.524. The van der Waals surface area contributed by atoms with Crippen molar-refractivity contribution in [3.63, 3.8) is 0 Å². The smallest absolute Gasteiger partial charge is 0.00103 e. The summed E-state index contributed by atoms with van der Waals surface area (Å²) in [7, 11) is 0. The molecule has 0 aromatic carbocycles. The van der Waals surface area contributed by atoms with Crippen LogP contribution in [0.4, 0.5) is 0 Å². The fraction of sp³-hybridized carbons (Fsp3) is 1.00. The van der Waals surface area contributed by atoms with Crippen LogP contribution in [0.5, 0.6) is 0 Å². The fourth-order valence-electron chi connectivity index (χ4n) is 4.17. The quantitative estimate of drug-likeness (QED) is 0.123. The van der Waals surface area contributed by atoms with E-state index in [0.717, 1.165) is 0 Å². The van der Waals surface area contributed by atoms with Gasteiger partial charge in [0.1, 0.15) is 0 Å². The Hall–Kier alpha value is -0.0800. The van der Waals surface area contributed by atoms with Crippen molar-refractivity contribution in [2.45, 2.75) is 182 Å². The van der Waals surface area contributed by atoms with Crippen molar-refractivity contribution >= 4 is 0 Å². The zero-order chi connectivity index (χ0) is 24.7. The maximum atomic E-state index is 3.51. The molecule has 0 aromatic rings. The van der Waals surface area contributed by atoms with Gasteiger partial charge in [-0.2, -0.15) is 0 Å². The molecule has 2 heteroatoms. The second-order valence-electron chi connectivity index (χ2n) is 10.6. The molecule has 33 heavy (non-hydrogen) atoms. The van der Waals surface area contributed by atoms with Crippen LogP contribution < -0.4 is 10.6 Å². The minimum atomic E-state index is 0.651. The van der Waals surface area contributed by atoms with E-state index < -0.39 is 0 Å². The molecule has 0 aromatic heterocycles. The van der Waals surface area contributed by atoms with Crippen molar-refractivity contribution in [3.8, 4) is 0 Å². The third-order valence-corrected chi connectivity index (χ3v) is 6.50. The van der Waals surface area contributed by atoms with Gasteiger partial charge in [0.05, 0.1) is 0 Å². The van der Waals surface area contributed by atoms with Crippen LogP contribution in [-0.4, -0.2) is 25.7 Å². The molecular weight excluding hydrogens is 400 g/mol. The predicted molar refractivity (Wildman–Crippen MR) is 155 cm³/mol. The van der Waals surface area contributed by atoms with Gasteiger partial charge in [0, 0.05) is 6.04 Å². The van der Waals surface area contributed by atoms with Gasteiger partial charge in [-0.3, -0.25) is 0 Å². The van der Waals surface area contributed by atoms with Crippen molar-refractivity contribution in [3.05, 3.63) is 0 Å². The zero-order valence-corrected chi connectivity index (χ0v) is 24.3. The highest BCUT2D eigenvalue weighted by atomic mass is 14.9. The van der Waals surface area contributed by atoms with Gasteiger partial charge in [-0.05, 0) is 38.9 Å². The molecule has 0 amide bonds. The van der Waals surface area contributed by atoms with Crippen LogP contribution in [0.25, 0.3) is 0 Å². The summed E-state index contributed by atoms with van der Waals surface area (Å²) in [5, 5.41) is 6.98. The molecule has 0 aliphatic carbocycles. The number of nitrogens with one attached hydrogen (secondary N) is 2. The first-order chi connectivity index (χ1) is 16.2. The Balaban J connectivity index is 0. The maximum Gasteiger partial charge on any atom is 0.00103 e. The Morgan fingerprint density at radius 1 is 0.364 bits per heavy atom. The molecule has 0 unspecified atom stereocenters. The second kappa shape index (κ2) is 34.1. The standard InChI is InChI=1S/C16H35N.C15H33N/c1-3-5-7-8-9-10-11-12-13-14-16-17-15-6-4-2;1-4-5-6-7-8-9-10-11-12-13-14-16-15(2)3/h17H,3-16H2,1-2H3;15-16H,4-14H2,1-3H3. The highest BCUT2D eigenvalue weighted by Gasteiger charge is 1.94. The van der Waals surface area contributed by atoms with Crippen LogP contribution in [0.15, 0.2) is 0 Å². The van der Waals surface area contributed by atoms with Crippen molar-refractivity contribution in [1.29, 1.82) is 0 Å². The van der Waals surface area contributed by atoms with Crippen LogP contribution in [-0.2, 0) is 0 Å². The Labute approximate surface area is 212 Å². The molecular formula is C31H68N2. The number of rotatable bonds is 26. The first-order valence-electron chi connectivity index (χ1n) is 15.6.